The Morgan fingerprint density at radius 1 is 1.00 bits per heavy atom. The Kier molecular flexibility index (Phi) is 4.68. The minimum Gasteiger partial charge on any atom is -0.493 e. The zero-order valence-corrected chi connectivity index (χ0v) is 12.5. The van der Waals surface area contributed by atoms with Crippen LogP contribution < -0.4 is 14.8 Å². The average Bonchev–Trinajstić information content (AvgIpc) is 2.45. The first-order valence-corrected chi connectivity index (χ1v) is 6.72. The van der Waals surface area contributed by atoms with E-state index < -0.39 is 0 Å². The van der Waals surface area contributed by atoms with Crippen molar-refractivity contribution in [2.75, 3.05) is 19.5 Å². The number of hydrogen-bond acceptors (Lipinski definition) is 3. The van der Waals surface area contributed by atoms with Gasteiger partial charge < -0.3 is 14.8 Å². The van der Waals surface area contributed by atoms with Crippen LogP contribution in [0.4, 0.5) is 5.69 Å². The van der Waals surface area contributed by atoms with Crippen LogP contribution >= 0.6 is 15.9 Å². The topological polar surface area (TPSA) is 30.5 Å². The second-order valence-electron chi connectivity index (χ2n) is 4.05. The van der Waals surface area contributed by atoms with Gasteiger partial charge in [0.25, 0.3) is 0 Å². The van der Waals surface area contributed by atoms with Gasteiger partial charge in [-0.1, -0.05) is 28.1 Å². The number of ether oxygens (including phenoxy) is 2. The van der Waals surface area contributed by atoms with Gasteiger partial charge in [0, 0.05) is 16.7 Å². The molecule has 0 spiro atoms. The van der Waals surface area contributed by atoms with Gasteiger partial charge in [-0.15, -0.1) is 0 Å². The standard InChI is InChI=1S/C15H16BrNO2/c1-18-14-7-6-11(8-15(14)19-2)10-17-13-5-3-4-12(16)9-13/h3-9,17H,10H2,1-2H3. The second-order valence-corrected chi connectivity index (χ2v) is 4.97. The third-order valence-electron chi connectivity index (χ3n) is 2.77. The Morgan fingerprint density at radius 2 is 1.79 bits per heavy atom. The van der Waals surface area contributed by atoms with Crippen molar-refractivity contribution in [3.05, 3.63) is 52.5 Å². The van der Waals surface area contributed by atoms with Gasteiger partial charge in [0.15, 0.2) is 11.5 Å². The number of halogens is 1. The molecule has 0 saturated carbocycles. The van der Waals surface area contributed by atoms with E-state index in [2.05, 4.69) is 21.2 Å². The van der Waals surface area contributed by atoms with Gasteiger partial charge >= 0.3 is 0 Å². The summed E-state index contributed by atoms with van der Waals surface area (Å²) in [5.74, 6) is 1.49. The fourth-order valence-electron chi connectivity index (χ4n) is 1.79. The van der Waals surface area contributed by atoms with Crippen LogP contribution in [0.5, 0.6) is 11.5 Å². The van der Waals surface area contributed by atoms with Gasteiger partial charge in [0.2, 0.25) is 0 Å². The second kappa shape index (κ2) is 6.48. The molecule has 0 fully saturated rings. The predicted octanol–water partition coefficient (Wildman–Crippen LogP) is 4.08. The first kappa shape index (κ1) is 13.7. The zero-order valence-electron chi connectivity index (χ0n) is 10.9. The Hall–Kier alpha value is -1.68. The van der Waals surface area contributed by atoms with Crippen LogP contribution in [0.3, 0.4) is 0 Å². The van der Waals surface area contributed by atoms with Crippen LogP contribution in [0.1, 0.15) is 5.56 Å². The maximum absolute atomic E-state index is 5.29. The van der Waals surface area contributed by atoms with E-state index in [0.29, 0.717) is 0 Å². The van der Waals surface area contributed by atoms with Gasteiger partial charge in [0.05, 0.1) is 14.2 Å². The van der Waals surface area contributed by atoms with E-state index in [1.807, 2.05) is 42.5 Å². The Bertz CT molecular complexity index is 558. The van der Waals surface area contributed by atoms with Crippen molar-refractivity contribution in [3.63, 3.8) is 0 Å². The average molecular weight is 322 g/mol. The van der Waals surface area contributed by atoms with Crippen molar-refractivity contribution in [2.24, 2.45) is 0 Å². The molecular weight excluding hydrogens is 306 g/mol. The van der Waals surface area contributed by atoms with Crippen LogP contribution in [0.25, 0.3) is 0 Å². The van der Waals surface area contributed by atoms with Crippen LogP contribution in [0.15, 0.2) is 46.9 Å². The number of nitrogens with one attached hydrogen (secondary N) is 1. The highest BCUT2D eigenvalue weighted by Crippen LogP contribution is 2.28. The lowest BCUT2D eigenvalue weighted by Gasteiger charge is -2.11. The molecule has 3 nitrogen and oxygen atoms in total. The molecule has 0 aliphatic heterocycles. The molecule has 1 N–H and O–H groups in total. The van der Waals surface area contributed by atoms with E-state index in [-0.39, 0.29) is 0 Å². The lowest BCUT2D eigenvalue weighted by atomic mass is 10.2. The van der Waals surface area contributed by atoms with Crippen LogP contribution in [0.2, 0.25) is 0 Å². The minimum absolute atomic E-state index is 0.733. The first-order chi connectivity index (χ1) is 9.22. The number of rotatable bonds is 5. The van der Waals surface area contributed by atoms with E-state index in [0.717, 1.165) is 33.8 Å². The van der Waals surface area contributed by atoms with Crippen molar-refractivity contribution in [1.29, 1.82) is 0 Å². The third-order valence-corrected chi connectivity index (χ3v) is 3.26. The molecule has 0 atom stereocenters. The number of anilines is 1. The molecule has 0 aliphatic rings. The Labute approximate surface area is 121 Å². The highest BCUT2D eigenvalue weighted by atomic mass is 79.9. The SMILES string of the molecule is COc1ccc(CNc2cccc(Br)c2)cc1OC. The summed E-state index contributed by atoms with van der Waals surface area (Å²) < 4.78 is 11.6. The van der Waals surface area contributed by atoms with Crippen molar-refractivity contribution in [1.82, 2.24) is 0 Å². The molecule has 4 heteroatoms. The summed E-state index contributed by atoms with van der Waals surface area (Å²) in [6.45, 7) is 0.733. The van der Waals surface area contributed by atoms with E-state index in [4.69, 9.17) is 9.47 Å². The lowest BCUT2D eigenvalue weighted by Crippen LogP contribution is -2.00. The third kappa shape index (κ3) is 3.64. The molecule has 2 aromatic rings. The molecule has 100 valence electrons. The molecule has 0 bridgehead atoms. The molecule has 0 saturated heterocycles. The van der Waals surface area contributed by atoms with Crippen molar-refractivity contribution >= 4 is 21.6 Å². The van der Waals surface area contributed by atoms with E-state index in [1.165, 1.54) is 0 Å². The van der Waals surface area contributed by atoms with Gasteiger partial charge in [0.1, 0.15) is 0 Å². The molecule has 0 radical (unpaired) electrons. The number of methoxy groups -OCH3 is 2. The molecule has 0 unspecified atom stereocenters. The molecule has 19 heavy (non-hydrogen) atoms. The smallest absolute Gasteiger partial charge is 0.161 e. The van der Waals surface area contributed by atoms with Crippen molar-refractivity contribution < 1.29 is 9.47 Å². The first-order valence-electron chi connectivity index (χ1n) is 5.93. The summed E-state index contributed by atoms with van der Waals surface area (Å²) in [6.07, 6.45) is 0. The summed E-state index contributed by atoms with van der Waals surface area (Å²) in [6, 6.07) is 14.0. The molecule has 2 aromatic carbocycles. The molecule has 2 rings (SSSR count). The lowest BCUT2D eigenvalue weighted by molar-refractivity contribution is 0.354. The Balaban J connectivity index is 2.07. The summed E-state index contributed by atoms with van der Waals surface area (Å²) in [5, 5.41) is 3.36. The van der Waals surface area contributed by atoms with Gasteiger partial charge in [-0.2, -0.15) is 0 Å². The monoisotopic (exact) mass is 321 g/mol. The summed E-state index contributed by atoms with van der Waals surface area (Å²) in [5.41, 5.74) is 2.21. The normalized spacial score (nSPS) is 10.1. The number of benzene rings is 2. The summed E-state index contributed by atoms with van der Waals surface area (Å²) >= 11 is 3.45. The maximum atomic E-state index is 5.29. The molecule has 0 amide bonds. The van der Waals surface area contributed by atoms with Crippen LogP contribution in [-0.4, -0.2) is 14.2 Å². The Morgan fingerprint density at radius 3 is 2.47 bits per heavy atom. The van der Waals surface area contributed by atoms with Gasteiger partial charge in [-0.3, -0.25) is 0 Å². The maximum Gasteiger partial charge on any atom is 0.161 e. The molecule has 0 heterocycles. The minimum atomic E-state index is 0.733. The van der Waals surface area contributed by atoms with E-state index in [1.54, 1.807) is 14.2 Å². The largest absolute Gasteiger partial charge is 0.493 e. The summed E-state index contributed by atoms with van der Waals surface area (Å²) in [4.78, 5) is 0. The van der Waals surface area contributed by atoms with Gasteiger partial charge in [-0.05, 0) is 35.9 Å². The zero-order chi connectivity index (χ0) is 13.7. The van der Waals surface area contributed by atoms with Gasteiger partial charge in [-0.25, -0.2) is 0 Å². The fraction of sp³-hybridized carbons (Fsp3) is 0.200. The van der Waals surface area contributed by atoms with Crippen LogP contribution in [-0.2, 0) is 6.54 Å². The summed E-state index contributed by atoms with van der Waals surface area (Å²) in [7, 11) is 3.28. The number of hydrogen-bond donors (Lipinski definition) is 1. The predicted molar refractivity (Wildman–Crippen MR) is 81.0 cm³/mol. The fourth-order valence-corrected chi connectivity index (χ4v) is 2.19. The van der Waals surface area contributed by atoms with Crippen LogP contribution in [0, 0.1) is 0 Å². The highest BCUT2D eigenvalue weighted by Gasteiger charge is 2.04. The quantitative estimate of drug-likeness (QED) is 0.900. The van der Waals surface area contributed by atoms with E-state index >= 15 is 0 Å². The van der Waals surface area contributed by atoms with E-state index in [9.17, 15) is 0 Å². The molecule has 0 aromatic heterocycles. The highest BCUT2D eigenvalue weighted by molar-refractivity contribution is 9.10. The van der Waals surface area contributed by atoms with Crippen molar-refractivity contribution in [3.8, 4) is 11.5 Å². The molecular formula is C15H16BrNO2. The molecule has 0 aliphatic carbocycles. The van der Waals surface area contributed by atoms with Crippen molar-refractivity contribution in [2.45, 2.75) is 6.54 Å².